The number of piperidine rings is 1. The number of imidazole rings is 1. The summed E-state index contributed by atoms with van der Waals surface area (Å²) in [4.78, 5) is 6.76. The van der Waals surface area contributed by atoms with Gasteiger partial charge in [0.1, 0.15) is 0 Å². The van der Waals surface area contributed by atoms with Gasteiger partial charge in [0.25, 0.3) is 0 Å². The van der Waals surface area contributed by atoms with Crippen LogP contribution in [0.1, 0.15) is 38.8 Å². The van der Waals surface area contributed by atoms with Gasteiger partial charge in [0, 0.05) is 36.4 Å². The lowest BCUT2D eigenvalue weighted by atomic mass is 9.99. The molecule has 4 nitrogen and oxygen atoms in total. The molecular formula is C14H26N4. The fourth-order valence-corrected chi connectivity index (χ4v) is 2.73. The van der Waals surface area contributed by atoms with Gasteiger partial charge >= 0.3 is 0 Å². The van der Waals surface area contributed by atoms with Crippen LogP contribution in [0.5, 0.6) is 0 Å². The summed E-state index contributed by atoms with van der Waals surface area (Å²) in [5.41, 5.74) is 7.19. The Hall–Kier alpha value is -0.870. The molecule has 102 valence electrons. The second-order valence-corrected chi connectivity index (χ2v) is 6.33. The number of likely N-dealkylation sites (N-methyl/N-ethyl adjacent to an activating group) is 1. The Bertz CT molecular complexity index is 377. The summed E-state index contributed by atoms with van der Waals surface area (Å²) in [5, 5.41) is 0. The zero-order valence-electron chi connectivity index (χ0n) is 11.9. The van der Waals surface area contributed by atoms with Crippen LogP contribution >= 0.6 is 0 Å². The van der Waals surface area contributed by atoms with Crippen molar-refractivity contribution in [2.45, 2.75) is 57.7 Å². The molecule has 0 radical (unpaired) electrons. The van der Waals surface area contributed by atoms with Crippen LogP contribution in [0.4, 0.5) is 0 Å². The van der Waals surface area contributed by atoms with Crippen molar-refractivity contribution in [3.63, 3.8) is 0 Å². The van der Waals surface area contributed by atoms with E-state index in [1.54, 1.807) is 0 Å². The van der Waals surface area contributed by atoms with Crippen molar-refractivity contribution in [1.29, 1.82) is 0 Å². The number of hydrogen-bond acceptors (Lipinski definition) is 3. The molecule has 2 heterocycles. The molecule has 1 aromatic rings. The van der Waals surface area contributed by atoms with Crippen LogP contribution in [0.15, 0.2) is 12.5 Å². The minimum atomic E-state index is -0.170. The Morgan fingerprint density at radius 2 is 2.22 bits per heavy atom. The van der Waals surface area contributed by atoms with Crippen LogP contribution in [0, 0.1) is 0 Å². The third-order valence-corrected chi connectivity index (χ3v) is 3.76. The van der Waals surface area contributed by atoms with E-state index in [2.05, 4.69) is 35.3 Å². The minimum Gasteiger partial charge on any atom is -0.333 e. The molecule has 1 saturated heterocycles. The van der Waals surface area contributed by atoms with Crippen LogP contribution in [-0.2, 0) is 13.0 Å². The molecule has 0 saturated carbocycles. The molecule has 1 unspecified atom stereocenters. The Morgan fingerprint density at radius 3 is 2.89 bits per heavy atom. The first kappa shape index (κ1) is 13.6. The second kappa shape index (κ2) is 5.41. The van der Waals surface area contributed by atoms with Crippen LogP contribution in [0.3, 0.4) is 0 Å². The van der Waals surface area contributed by atoms with Gasteiger partial charge in [0.2, 0.25) is 0 Å². The van der Waals surface area contributed by atoms with E-state index in [1.807, 2.05) is 12.5 Å². The molecule has 2 N–H and O–H groups in total. The lowest BCUT2D eigenvalue weighted by Crippen LogP contribution is -2.40. The van der Waals surface area contributed by atoms with Crippen molar-refractivity contribution in [2.24, 2.45) is 5.73 Å². The third-order valence-electron chi connectivity index (χ3n) is 3.76. The fourth-order valence-electron chi connectivity index (χ4n) is 2.73. The third kappa shape index (κ3) is 3.56. The molecule has 18 heavy (non-hydrogen) atoms. The van der Waals surface area contributed by atoms with E-state index in [9.17, 15) is 0 Å². The summed E-state index contributed by atoms with van der Waals surface area (Å²) < 4.78 is 2.28. The quantitative estimate of drug-likeness (QED) is 0.884. The van der Waals surface area contributed by atoms with E-state index in [4.69, 9.17) is 5.73 Å². The summed E-state index contributed by atoms with van der Waals surface area (Å²) in [6, 6.07) is 0.646. The summed E-state index contributed by atoms with van der Waals surface area (Å²) in [6.07, 6.45) is 8.76. The van der Waals surface area contributed by atoms with Crippen LogP contribution in [-0.4, -0.2) is 39.6 Å². The molecule has 2 rings (SSSR count). The van der Waals surface area contributed by atoms with Gasteiger partial charge in [-0.1, -0.05) is 6.42 Å². The smallest absolute Gasteiger partial charge is 0.0948 e. The first-order valence-corrected chi connectivity index (χ1v) is 6.94. The van der Waals surface area contributed by atoms with Crippen LogP contribution in [0.25, 0.3) is 0 Å². The van der Waals surface area contributed by atoms with E-state index in [0.717, 1.165) is 13.0 Å². The molecule has 0 aromatic carbocycles. The van der Waals surface area contributed by atoms with Crippen molar-refractivity contribution < 1.29 is 0 Å². The summed E-state index contributed by atoms with van der Waals surface area (Å²) in [7, 11) is 2.23. The van der Waals surface area contributed by atoms with E-state index in [-0.39, 0.29) is 5.54 Å². The predicted octanol–water partition coefficient (Wildman–Crippen LogP) is 1.65. The zero-order valence-corrected chi connectivity index (χ0v) is 11.9. The van der Waals surface area contributed by atoms with E-state index in [1.165, 1.54) is 31.5 Å². The maximum atomic E-state index is 6.10. The first-order valence-electron chi connectivity index (χ1n) is 6.94. The summed E-state index contributed by atoms with van der Waals surface area (Å²) in [6.45, 7) is 6.40. The Morgan fingerprint density at radius 1 is 1.44 bits per heavy atom. The number of nitrogens with zero attached hydrogens (tertiary/aromatic N) is 3. The van der Waals surface area contributed by atoms with Gasteiger partial charge in [-0.25, -0.2) is 4.98 Å². The standard InChI is InChI=1S/C14H26N4/c1-14(2,15)8-13-9-16-11-18(13)10-12-6-4-5-7-17(12)3/h9,11-12H,4-8,10,15H2,1-3H3. The van der Waals surface area contributed by atoms with Gasteiger partial charge < -0.3 is 15.2 Å². The van der Waals surface area contributed by atoms with Crippen molar-refractivity contribution in [3.8, 4) is 0 Å². The maximum absolute atomic E-state index is 6.10. The van der Waals surface area contributed by atoms with Crippen molar-refractivity contribution in [3.05, 3.63) is 18.2 Å². The fraction of sp³-hybridized carbons (Fsp3) is 0.786. The monoisotopic (exact) mass is 250 g/mol. The van der Waals surface area contributed by atoms with E-state index < -0.39 is 0 Å². The highest BCUT2D eigenvalue weighted by atomic mass is 15.2. The summed E-state index contributed by atoms with van der Waals surface area (Å²) >= 11 is 0. The van der Waals surface area contributed by atoms with Gasteiger partial charge in [0.15, 0.2) is 0 Å². The SMILES string of the molecule is CN1CCCCC1Cn1cncc1CC(C)(C)N. The highest BCUT2D eigenvalue weighted by Crippen LogP contribution is 2.18. The van der Waals surface area contributed by atoms with Gasteiger partial charge in [-0.3, -0.25) is 0 Å². The minimum absolute atomic E-state index is 0.170. The first-order chi connectivity index (χ1) is 8.46. The average molecular weight is 250 g/mol. The van der Waals surface area contributed by atoms with Crippen LogP contribution < -0.4 is 5.73 Å². The molecule has 1 fully saturated rings. The predicted molar refractivity (Wildman–Crippen MR) is 74.5 cm³/mol. The van der Waals surface area contributed by atoms with Gasteiger partial charge in [-0.05, 0) is 40.3 Å². The molecule has 1 atom stereocenters. The van der Waals surface area contributed by atoms with Crippen molar-refractivity contribution >= 4 is 0 Å². The Kier molecular flexibility index (Phi) is 4.07. The molecule has 1 aliphatic rings. The molecule has 4 heteroatoms. The number of likely N-dealkylation sites (tertiary alicyclic amines) is 1. The average Bonchev–Trinajstić information content (AvgIpc) is 2.67. The van der Waals surface area contributed by atoms with Crippen molar-refractivity contribution in [2.75, 3.05) is 13.6 Å². The molecule has 0 spiro atoms. The summed E-state index contributed by atoms with van der Waals surface area (Å²) in [5.74, 6) is 0. The van der Waals surface area contributed by atoms with Crippen molar-refractivity contribution in [1.82, 2.24) is 14.5 Å². The molecule has 1 aliphatic heterocycles. The topological polar surface area (TPSA) is 47.1 Å². The Balaban J connectivity index is 2.03. The van der Waals surface area contributed by atoms with Gasteiger partial charge in [-0.2, -0.15) is 0 Å². The van der Waals surface area contributed by atoms with Gasteiger partial charge in [-0.15, -0.1) is 0 Å². The largest absolute Gasteiger partial charge is 0.333 e. The lowest BCUT2D eigenvalue weighted by Gasteiger charge is -2.33. The normalized spacial score (nSPS) is 22.3. The second-order valence-electron chi connectivity index (χ2n) is 6.33. The van der Waals surface area contributed by atoms with Crippen LogP contribution in [0.2, 0.25) is 0 Å². The molecule has 1 aromatic heterocycles. The number of nitrogens with two attached hydrogens (primary N) is 1. The molecule has 0 aliphatic carbocycles. The maximum Gasteiger partial charge on any atom is 0.0948 e. The number of aromatic nitrogens is 2. The highest BCUT2D eigenvalue weighted by Gasteiger charge is 2.21. The Labute approximate surface area is 110 Å². The highest BCUT2D eigenvalue weighted by molar-refractivity contribution is 5.04. The zero-order chi connectivity index (χ0) is 13.2. The number of rotatable bonds is 4. The van der Waals surface area contributed by atoms with Gasteiger partial charge in [0.05, 0.1) is 6.33 Å². The lowest BCUT2D eigenvalue weighted by molar-refractivity contribution is 0.166. The molecular weight excluding hydrogens is 224 g/mol. The van der Waals surface area contributed by atoms with E-state index >= 15 is 0 Å². The molecule has 0 amide bonds. The number of hydrogen-bond donors (Lipinski definition) is 1. The molecule has 0 bridgehead atoms. The van der Waals surface area contributed by atoms with E-state index in [0.29, 0.717) is 6.04 Å².